The molecule has 0 aliphatic heterocycles. The van der Waals surface area contributed by atoms with Crippen LogP contribution in [-0.2, 0) is 0 Å². The largest absolute Gasteiger partial charge is 0.347 e. The Morgan fingerprint density at radius 1 is 1.40 bits per heavy atom. The van der Waals surface area contributed by atoms with E-state index in [1.807, 2.05) is 26.8 Å². The van der Waals surface area contributed by atoms with Gasteiger partial charge >= 0.3 is 0 Å². The van der Waals surface area contributed by atoms with Crippen molar-refractivity contribution in [3.63, 3.8) is 0 Å². The van der Waals surface area contributed by atoms with E-state index in [9.17, 15) is 4.79 Å². The summed E-state index contributed by atoms with van der Waals surface area (Å²) in [5.74, 6) is -0.0965. The van der Waals surface area contributed by atoms with Crippen molar-refractivity contribution in [2.75, 3.05) is 0 Å². The van der Waals surface area contributed by atoms with Crippen LogP contribution in [0.25, 0.3) is 0 Å². The molecule has 0 saturated carbocycles. The number of carbonyl (C=O) groups is 1. The molecule has 4 heteroatoms. The van der Waals surface area contributed by atoms with Gasteiger partial charge in [-0.15, -0.1) is 0 Å². The van der Waals surface area contributed by atoms with E-state index < -0.39 is 0 Å². The molecule has 0 radical (unpaired) electrons. The summed E-state index contributed by atoms with van der Waals surface area (Å²) < 4.78 is 0.946. The summed E-state index contributed by atoms with van der Waals surface area (Å²) in [5.41, 5.74) is 0.363. The highest BCUT2D eigenvalue weighted by atomic mass is 127. The Labute approximate surface area is 109 Å². The SMILES string of the molecule is CC(C)(C)NC(=O)c1ccc(I)c(Cl)c1. The van der Waals surface area contributed by atoms with Crippen LogP contribution >= 0.6 is 34.2 Å². The lowest BCUT2D eigenvalue weighted by molar-refractivity contribution is 0.0919. The number of hydrogen-bond acceptors (Lipinski definition) is 1. The van der Waals surface area contributed by atoms with Crippen LogP contribution in [0.4, 0.5) is 0 Å². The Hall–Kier alpha value is -0.290. The maximum absolute atomic E-state index is 11.8. The van der Waals surface area contributed by atoms with Crippen molar-refractivity contribution < 1.29 is 4.79 Å². The molecular formula is C11H13ClINO. The van der Waals surface area contributed by atoms with Gasteiger partial charge in [0.15, 0.2) is 0 Å². The number of hydrogen-bond donors (Lipinski definition) is 1. The van der Waals surface area contributed by atoms with E-state index >= 15 is 0 Å². The fraction of sp³-hybridized carbons (Fsp3) is 0.364. The molecule has 0 bridgehead atoms. The average Bonchev–Trinajstić information content (AvgIpc) is 2.06. The fourth-order valence-corrected chi connectivity index (χ4v) is 1.57. The van der Waals surface area contributed by atoms with Gasteiger partial charge < -0.3 is 5.32 Å². The van der Waals surface area contributed by atoms with Gasteiger partial charge in [0.25, 0.3) is 5.91 Å². The summed E-state index contributed by atoms with van der Waals surface area (Å²) in [4.78, 5) is 11.8. The third kappa shape index (κ3) is 3.99. The molecule has 1 rings (SSSR count). The van der Waals surface area contributed by atoms with Gasteiger partial charge in [-0.3, -0.25) is 4.79 Å². The van der Waals surface area contributed by atoms with E-state index in [4.69, 9.17) is 11.6 Å². The van der Waals surface area contributed by atoms with Crippen LogP contribution in [-0.4, -0.2) is 11.4 Å². The van der Waals surface area contributed by atoms with Gasteiger partial charge in [-0.2, -0.15) is 0 Å². The number of rotatable bonds is 1. The maximum Gasteiger partial charge on any atom is 0.251 e. The van der Waals surface area contributed by atoms with Gasteiger partial charge in [0, 0.05) is 14.7 Å². The molecule has 0 heterocycles. The van der Waals surface area contributed by atoms with Gasteiger partial charge in [-0.1, -0.05) is 11.6 Å². The van der Waals surface area contributed by atoms with Crippen molar-refractivity contribution in [2.45, 2.75) is 26.3 Å². The summed E-state index contributed by atoms with van der Waals surface area (Å²) in [5, 5.41) is 3.49. The Bertz CT molecular complexity index is 385. The molecule has 0 spiro atoms. The molecule has 2 nitrogen and oxygen atoms in total. The van der Waals surface area contributed by atoms with Crippen LogP contribution in [0, 0.1) is 3.57 Å². The van der Waals surface area contributed by atoms with E-state index in [-0.39, 0.29) is 11.4 Å². The van der Waals surface area contributed by atoms with E-state index in [1.54, 1.807) is 12.1 Å². The average molecular weight is 338 g/mol. The van der Waals surface area contributed by atoms with E-state index in [2.05, 4.69) is 27.9 Å². The lowest BCUT2D eigenvalue weighted by atomic mass is 10.1. The second-order valence-corrected chi connectivity index (χ2v) is 5.90. The summed E-state index contributed by atoms with van der Waals surface area (Å²) in [6, 6.07) is 5.29. The van der Waals surface area contributed by atoms with Crippen LogP contribution in [0.2, 0.25) is 5.02 Å². The molecule has 0 aliphatic carbocycles. The first kappa shape index (κ1) is 12.8. The third-order valence-electron chi connectivity index (χ3n) is 1.67. The molecule has 82 valence electrons. The first-order valence-electron chi connectivity index (χ1n) is 4.57. The third-order valence-corrected chi connectivity index (χ3v) is 3.24. The Kier molecular flexibility index (Phi) is 4.00. The quantitative estimate of drug-likeness (QED) is 0.781. The lowest BCUT2D eigenvalue weighted by Crippen LogP contribution is -2.40. The highest BCUT2D eigenvalue weighted by Gasteiger charge is 2.15. The highest BCUT2D eigenvalue weighted by Crippen LogP contribution is 2.19. The van der Waals surface area contributed by atoms with Crippen LogP contribution in [0.1, 0.15) is 31.1 Å². The number of carbonyl (C=O) groups excluding carboxylic acids is 1. The second kappa shape index (κ2) is 4.70. The van der Waals surface area contributed by atoms with Crippen molar-refractivity contribution >= 4 is 40.1 Å². The van der Waals surface area contributed by atoms with E-state index in [0.29, 0.717) is 10.6 Å². The molecule has 0 unspecified atom stereocenters. The predicted molar refractivity (Wildman–Crippen MR) is 71.4 cm³/mol. The maximum atomic E-state index is 11.8. The molecule has 0 saturated heterocycles. The molecule has 1 aromatic rings. The van der Waals surface area contributed by atoms with Crippen molar-refractivity contribution in [1.82, 2.24) is 5.32 Å². The smallest absolute Gasteiger partial charge is 0.251 e. The van der Waals surface area contributed by atoms with Crippen LogP contribution < -0.4 is 5.32 Å². The van der Waals surface area contributed by atoms with Crippen LogP contribution in [0.3, 0.4) is 0 Å². The lowest BCUT2D eigenvalue weighted by Gasteiger charge is -2.20. The van der Waals surface area contributed by atoms with Crippen LogP contribution in [0.15, 0.2) is 18.2 Å². The Morgan fingerprint density at radius 2 is 2.00 bits per heavy atom. The van der Waals surface area contributed by atoms with Gasteiger partial charge in [-0.05, 0) is 61.6 Å². The Balaban J connectivity index is 2.88. The molecule has 0 fully saturated rings. The van der Waals surface area contributed by atoms with E-state index in [1.165, 1.54) is 0 Å². The second-order valence-electron chi connectivity index (χ2n) is 4.33. The molecule has 0 aromatic heterocycles. The molecule has 1 aromatic carbocycles. The molecule has 15 heavy (non-hydrogen) atoms. The highest BCUT2D eigenvalue weighted by molar-refractivity contribution is 14.1. The minimum atomic E-state index is -0.230. The van der Waals surface area contributed by atoms with Crippen molar-refractivity contribution in [3.8, 4) is 0 Å². The predicted octanol–water partition coefficient (Wildman–Crippen LogP) is 3.47. The molecule has 0 aliphatic rings. The summed E-state index contributed by atoms with van der Waals surface area (Å²) in [7, 11) is 0. The zero-order valence-corrected chi connectivity index (χ0v) is 11.8. The number of nitrogens with one attached hydrogen (secondary N) is 1. The number of amides is 1. The standard InChI is InChI=1S/C11H13ClINO/c1-11(2,3)14-10(15)7-4-5-9(13)8(12)6-7/h4-6H,1-3H3,(H,14,15). The Morgan fingerprint density at radius 3 is 2.47 bits per heavy atom. The fourth-order valence-electron chi connectivity index (χ4n) is 1.05. The number of halogens is 2. The van der Waals surface area contributed by atoms with Crippen molar-refractivity contribution in [2.24, 2.45) is 0 Å². The first-order chi connectivity index (χ1) is 6.79. The molecule has 0 atom stereocenters. The van der Waals surface area contributed by atoms with Gasteiger partial charge in [-0.25, -0.2) is 0 Å². The summed E-state index contributed by atoms with van der Waals surface area (Å²) in [6.45, 7) is 5.83. The molecule has 1 N–H and O–H groups in total. The topological polar surface area (TPSA) is 29.1 Å². The normalized spacial score (nSPS) is 11.3. The zero-order valence-electron chi connectivity index (χ0n) is 8.90. The van der Waals surface area contributed by atoms with Crippen molar-refractivity contribution in [3.05, 3.63) is 32.4 Å². The minimum Gasteiger partial charge on any atom is -0.347 e. The van der Waals surface area contributed by atoms with Crippen molar-refractivity contribution in [1.29, 1.82) is 0 Å². The summed E-state index contributed by atoms with van der Waals surface area (Å²) in [6.07, 6.45) is 0. The first-order valence-corrected chi connectivity index (χ1v) is 6.03. The number of benzene rings is 1. The van der Waals surface area contributed by atoms with E-state index in [0.717, 1.165) is 3.57 Å². The van der Waals surface area contributed by atoms with Gasteiger partial charge in [0.1, 0.15) is 0 Å². The monoisotopic (exact) mass is 337 g/mol. The molecule has 1 amide bonds. The zero-order chi connectivity index (χ0) is 11.6. The van der Waals surface area contributed by atoms with Gasteiger partial charge in [0.05, 0.1) is 5.02 Å². The van der Waals surface area contributed by atoms with Gasteiger partial charge in [0.2, 0.25) is 0 Å². The minimum absolute atomic E-state index is 0.0965. The summed E-state index contributed by atoms with van der Waals surface area (Å²) >= 11 is 8.07. The molecular weight excluding hydrogens is 324 g/mol. The van der Waals surface area contributed by atoms with Crippen LogP contribution in [0.5, 0.6) is 0 Å².